The second-order valence-electron chi connectivity index (χ2n) is 7.28. The zero-order valence-electron chi connectivity index (χ0n) is 16.9. The van der Waals surface area contributed by atoms with Gasteiger partial charge in [0.2, 0.25) is 0 Å². The van der Waals surface area contributed by atoms with Gasteiger partial charge in [-0.3, -0.25) is 4.79 Å². The summed E-state index contributed by atoms with van der Waals surface area (Å²) in [5.74, 6) is 0.292. The minimum absolute atomic E-state index is 0.208. The fourth-order valence-corrected chi connectivity index (χ4v) is 4.54. The lowest BCUT2D eigenvalue weighted by atomic mass is 9.95. The Morgan fingerprint density at radius 3 is 2.70 bits per heavy atom. The lowest BCUT2D eigenvalue weighted by molar-refractivity contribution is -0.139. The van der Waals surface area contributed by atoms with Gasteiger partial charge in [-0.05, 0) is 38.0 Å². The number of nitrogens with one attached hydrogen (secondary N) is 1. The summed E-state index contributed by atoms with van der Waals surface area (Å²) < 4.78 is 45.7. The van der Waals surface area contributed by atoms with Crippen LogP contribution in [0.1, 0.15) is 56.5 Å². The van der Waals surface area contributed by atoms with Gasteiger partial charge in [0.1, 0.15) is 5.25 Å². The van der Waals surface area contributed by atoms with E-state index in [-0.39, 0.29) is 18.6 Å². The third-order valence-corrected chi connectivity index (χ3v) is 6.17. The normalized spacial score (nSPS) is 16.3. The van der Waals surface area contributed by atoms with Crippen molar-refractivity contribution in [1.29, 1.82) is 0 Å². The van der Waals surface area contributed by atoms with E-state index in [4.69, 9.17) is 4.74 Å². The number of aromatic nitrogens is 3. The zero-order chi connectivity index (χ0) is 21.7. The highest BCUT2D eigenvalue weighted by molar-refractivity contribution is 8.00. The molecule has 3 rings (SSSR count). The first kappa shape index (κ1) is 22.5. The van der Waals surface area contributed by atoms with E-state index in [9.17, 15) is 18.0 Å². The predicted octanol–water partition coefficient (Wildman–Crippen LogP) is 5.07. The fraction of sp³-hybridized carbons (Fsp3) is 0.550. The third-order valence-electron chi connectivity index (χ3n) is 5.13. The molecule has 1 fully saturated rings. The number of thioether (sulfide) groups is 1. The first-order chi connectivity index (χ1) is 14.3. The number of hydrogen-bond acceptors (Lipinski definition) is 6. The summed E-state index contributed by atoms with van der Waals surface area (Å²) >= 11 is 1.28. The van der Waals surface area contributed by atoms with E-state index in [1.54, 1.807) is 13.0 Å². The van der Waals surface area contributed by atoms with E-state index in [0.717, 1.165) is 37.8 Å². The standard InChI is InChI=1S/C20H25F3N4O2S/c1-13(18(28)29-2)30-19-26-25-17(27(19)16-9-4-3-5-10-16)12-24-15-8-6-7-14(11-15)20(21,22)23/h6-8,11,13,16,24H,3-5,9-10,12H2,1-2H3. The van der Waals surface area contributed by atoms with Crippen molar-refractivity contribution in [2.45, 2.75) is 68.2 Å². The number of carbonyl (C=O) groups is 1. The fourth-order valence-electron chi connectivity index (χ4n) is 3.57. The first-order valence-electron chi connectivity index (χ1n) is 9.89. The number of hydrogen-bond donors (Lipinski definition) is 1. The van der Waals surface area contributed by atoms with Crippen molar-refractivity contribution in [3.8, 4) is 0 Å². The molecule has 1 unspecified atom stereocenters. The second kappa shape index (κ2) is 9.72. The number of methoxy groups -OCH3 is 1. The number of alkyl halides is 3. The van der Waals surface area contributed by atoms with E-state index in [1.807, 2.05) is 4.57 Å². The monoisotopic (exact) mass is 442 g/mol. The second-order valence-corrected chi connectivity index (χ2v) is 8.58. The number of esters is 1. The lowest BCUT2D eigenvalue weighted by Crippen LogP contribution is -2.20. The molecule has 1 aromatic carbocycles. The quantitative estimate of drug-likeness (QED) is 0.477. The van der Waals surface area contributed by atoms with Crippen molar-refractivity contribution in [2.75, 3.05) is 12.4 Å². The molecule has 0 spiro atoms. The molecule has 0 radical (unpaired) electrons. The summed E-state index contributed by atoms with van der Waals surface area (Å²) in [5, 5.41) is 11.8. The molecule has 164 valence electrons. The Morgan fingerprint density at radius 2 is 2.03 bits per heavy atom. The van der Waals surface area contributed by atoms with Crippen LogP contribution in [0.3, 0.4) is 0 Å². The van der Waals surface area contributed by atoms with Crippen LogP contribution < -0.4 is 5.32 Å². The van der Waals surface area contributed by atoms with Crippen LogP contribution in [-0.2, 0) is 22.3 Å². The van der Waals surface area contributed by atoms with Crippen molar-refractivity contribution >= 4 is 23.4 Å². The van der Waals surface area contributed by atoms with Crippen molar-refractivity contribution in [1.82, 2.24) is 14.8 Å². The van der Waals surface area contributed by atoms with Crippen LogP contribution >= 0.6 is 11.8 Å². The van der Waals surface area contributed by atoms with Crippen molar-refractivity contribution in [3.05, 3.63) is 35.7 Å². The molecule has 2 aromatic rings. The van der Waals surface area contributed by atoms with Crippen LogP contribution in [0.25, 0.3) is 0 Å². The molecule has 0 bridgehead atoms. The molecule has 0 aliphatic heterocycles. The van der Waals surface area contributed by atoms with Crippen LogP contribution in [-0.4, -0.2) is 33.1 Å². The van der Waals surface area contributed by atoms with E-state index in [0.29, 0.717) is 16.7 Å². The lowest BCUT2D eigenvalue weighted by Gasteiger charge is -2.26. The first-order valence-corrected chi connectivity index (χ1v) is 10.8. The highest BCUT2D eigenvalue weighted by atomic mass is 32.2. The number of anilines is 1. The average molecular weight is 443 g/mol. The molecule has 1 saturated carbocycles. The molecular formula is C20H25F3N4O2S. The number of halogens is 3. The van der Waals surface area contributed by atoms with Gasteiger partial charge in [-0.1, -0.05) is 37.1 Å². The summed E-state index contributed by atoms with van der Waals surface area (Å²) in [6.45, 7) is 1.98. The Kier molecular flexibility index (Phi) is 7.27. The molecule has 1 atom stereocenters. The van der Waals surface area contributed by atoms with Crippen LogP contribution in [0.4, 0.5) is 18.9 Å². The molecule has 10 heteroatoms. The highest BCUT2D eigenvalue weighted by Gasteiger charge is 2.30. The van der Waals surface area contributed by atoms with Gasteiger partial charge in [0, 0.05) is 11.7 Å². The van der Waals surface area contributed by atoms with Crippen LogP contribution in [0, 0.1) is 0 Å². The zero-order valence-corrected chi connectivity index (χ0v) is 17.7. The number of benzene rings is 1. The van der Waals surface area contributed by atoms with E-state index in [1.165, 1.54) is 31.4 Å². The van der Waals surface area contributed by atoms with Gasteiger partial charge in [0.05, 0.1) is 19.2 Å². The summed E-state index contributed by atoms with van der Waals surface area (Å²) in [4.78, 5) is 11.8. The maximum atomic E-state index is 13.0. The highest BCUT2D eigenvalue weighted by Crippen LogP contribution is 2.34. The molecule has 0 saturated heterocycles. The minimum atomic E-state index is -4.40. The molecule has 0 amide bonds. The number of rotatable bonds is 7. The predicted molar refractivity (Wildman–Crippen MR) is 108 cm³/mol. The smallest absolute Gasteiger partial charge is 0.416 e. The van der Waals surface area contributed by atoms with Gasteiger partial charge in [-0.25, -0.2) is 0 Å². The molecule has 30 heavy (non-hydrogen) atoms. The molecular weight excluding hydrogens is 417 g/mol. The SMILES string of the molecule is COC(=O)C(C)Sc1nnc(CNc2cccc(C(F)(F)F)c2)n1C1CCCCC1. The topological polar surface area (TPSA) is 69.0 Å². The van der Waals surface area contributed by atoms with Gasteiger partial charge >= 0.3 is 12.1 Å². The Hall–Kier alpha value is -2.23. The van der Waals surface area contributed by atoms with Crippen molar-refractivity contribution in [2.24, 2.45) is 0 Å². The number of carbonyl (C=O) groups excluding carboxylic acids is 1. The van der Waals surface area contributed by atoms with Crippen LogP contribution in [0.2, 0.25) is 0 Å². The number of ether oxygens (including phenoxy) is 1. The van der Waals surface area contributed by atoms with Gasteiger partial charge in [0.25, 0.3) is 0 Å². The van der Waals surface area contributed by atoms with Crippen LogP contribution in [0.5, 0.6) is 0 Å². The summed E-state index contributed by atoms with van der Waals surface area (Å²) in [7, 11) is 1.34. The summed E-state index contributed by atoms with van der Waals surface area (Å²) in [5.41, 5.74) is -0.343. The summed E-state index contributed by atoms with van der Waals surface area (Å²) in [6.07, 6.45) is 0.939. The Balaban J connectivity index is 1.81. The van der Waals surface area contributed by atoms with Crippen LogP contribution in [0.15, 0.2) is 29.4 Å². The summed E-state index contributed by atoms with van der Waals surface area (Å²) in [6, 6.07) is 5.29. The minimum Gasteiger partial charge on any atom is -0.468 e. The van der Waals surface area contributed by atoms with E-state index in [2.05, 4.69) is 15.5 Å². The average Bonchev–Trinajstić information content (AvgIpc) is 3.14. The van der Waals surface area contributed by atoms with Gasteiger partial charge in [-0.15, -0.1) is 10.2 Å². The molecule has 1 aliphatic carbocycles. The molecule has 6 nitrogen and oxygen atoms in total. The Labute approximate surface area is 177 Å². The van der Waals surface area contributed by atoms with Crippen molar-refractivity contribution in [3.63, 3.8) is 0 Å². The molecule has 1 aromatic heterocycles. The van der Waals surface area contributed by atoms with Gasteiger partial charge in [-0.2, -0.15) is 13.2 Å². The third kappa shape index (κ3) is 5.47. The molecule has 1 aliphatic rings. The van der Waals surface area contributed by atoms with Gasteiger partial charge < -0.3 is 14.6 Å². The maximum absolute atomic E-state index is 13.0. The number of nitrogens with zero attached hydrogens (tertiary/aromatic N) is 3. The Bertz CT molecular complexity index is 866. The molecule has 1 N–H and O–H groups in total. The molecule has 1 heterocycles. The van der Waals surface area contributed by atoms with Gasteiger partial charge in [0.15, 0.2) is 11.0 Å². The van der Waals surface area contributed by atoms with Crippen molar-refractivity contribution < 1.29 is 22.7 Å². The maximum Gasteiger partial charge on any atom is 0.416 e. The Morgan fingerprint density at radius 1 is 1.30 bits per heavy atom. The van der Waals surface area contributed by atoms with E-state index < -0.39 is 17.0 Å². The largest absolute Gasteiger partial charge is 0.468 e. The van der Waals surface area contributed by atoms with E-state index >= 15 is 0 Å².